The highest BCUT2D eigenvalue weighted by Crippen LogP contribution is 2.35. The summed E-state index contributed by atoms with van der Waals surface area (Å²) in [4.78, 5) is 30.2. The number of hydrogen-bond acceptors (Lipinski definition) is 5. The summed E-state index contributed by atoms with van der Waals surface area (Å²) in [5, 5.41) is 14.4. The number of aryl methyl sites for hydroxylation is 1. The van der Waals surface area contributed by atoms with Crippen LogP contribution < -0.4 is 10.2 Å². The van der Waals surface area contributed by atoms with Crippen LogP contribution in [-0.4, -0.2) is 28.5 Å². The Morgan fingerprint density at radius 2 is 1.61 bits per heavy atom. The zero-order chi connectivity index (χ0) is 27.3. The van der Waals surface area contributed by atoms with E-state index in [0.717, 1.165) is 27.6 Å². The van der Waals surface area contributed by atoms with Gasteiger partial charge in [0, 0.05) is 28.7 Å². The molecule has 0 radical (unpaired) electrons. The van der Waals surface area contributed by atoms with Crippen molar-refractivity contribution >= 4 is 34.0 Å². The standard InChI is InChI=1S/C31H33N3O3S/c1-21-5-9-23(10-6-21)27-20-38-30(33-27)34(26-15-13-25(14-16-26)31(2,3)4)19-22-7-11-24(12-8-22)29(37)32-18-17-28(35)36/h5-16,20H,17-19H2,1-4H3,(H,32,37)(H,35,36). The van der Waals surface area contributed by atoms with Gasteiger partial charge in [-0.15, -0.1) is 11.3 Å². The molecule has 3 aromatic carbocycles. The van der Waals surface area contributed by atoms with Gasteiger partial charge in [-0.25, -0.2) is 4.98 Å². The monoisotopic (exact) mass is 527 g/mol. The van der Waals surface area contributed by atoms with E-state index >= 15 is 0 Å². The highest BCUT2D eigenvalue weighted by Gasteiger charge is 2.18. The van der Waals surface area contributed by atoms with E-state index in [9.17, 15) is 9.59 Å². The van der Waals surface area contributed by atoms with Crippen LogP contribution in [0.1, 0.15) is 54.2 Å². The number of amides is 1. The van der Waals surface area contributed by atoms with Crippen LogP contribution in [0.3, 0.4) is 0 Å². The van der Waals surface area contributed by atoms with Gasteiger partial charge in [0.25, 0.3) is 5.91 Å². The van der Waals surface area contributed by atoms with Crippen molar-refractivity contribution in [3.63, 3.8) is 0 Å². The molecule has 6 nitrogen and oxygen atoms in total. The second-order valence-corrected chi connectivity index (χ2v) is 11.2. The van der Waals surface area contributed by atoms with Gasteiger partial charge in [0.1, 0.15) is 0 Å². The molecule has 0 aliphatic rings. The topological polar surface area (TPSA) is 82.5 Å². The Hall–Kier alpha value is -3.97. The molecule has 2 N–H and O–H groups in total. The van der Waals surface area contributed by atoms with E-state index in [1.165, 1.54) is 11.1 Å². The zero-order valence-electron chi connectivity index (χ0n) is 22.2. The summed E-state index contributed by atoms with van der Waals surface area (Å²) < 4.78 is 0. The Kier molecular flexibility index (Phi) is 8.27. The van der Waals surface area contributed by atoms with E-state index in [0.29, 0.717) is 12.1 Å². The first-order valence-electron chi connectivity index (χ1n) is 12.6. The van der Waals surface area contributed by atoms with Crippen LogP contribution in [-0.2, 0) is 16.8 Å². The van der Waals surface area contributed by atoms with Crippen LogP contribution >= 0.6 is 11.3 Å². The Labute approximate surface area is 228 Å². The molecule has 0 bridgehead atoms. The van der Waals surface area contributed by atoms with Crippen molar-refractivity contribution in [1.29, 1.82) is 0 Å². The minimum Gasteiger partial charge on any atom is -0.481 e. The van der Waals surface area contributed by atoms with Crippen LogP contribution in [0.5, 0.6) is 0 Å². The van der Waals surface area contributed by atoms with E-state index in [1.54, 1.807) is 23.5 Å². The second-order valence-electron chi connectivity index (χ2n) is 10.4. The maximum Gasteiger partial charge on any atom is 0.305 e. The first-order valence-corrected chi connectivity index (χ1v) is 13.5. The number of carbonyl (C=O) groups excluding carboxylic acids is 1. The van der Waals surface area contributed by atoms with Crippen molar-refractivity contribution in [2.24, 2.45) is 0 Å². The highest BCUT2D eigenvalue weighted by atomic mass is 32.1. The van der Waals surface area contributed by atoms with Gasteiger partial charge < -0.3 is 15.3 Å². The van der Waals surface area contributed by atoms with E-state index in [4.69, 9.17) is 10.1 Å². The van der Waals surface area contributed by atoms with Gasteiger partial charge in [0.15, 0.2) is 5.13 Å². The molecule has 0 saturated carbocycles. The fourth-order valence-electron chi connectivity index (χ4n) is 3.99. The summed E-state index contributed by atoms with van der Waals surface area (Å²) in [6.07, 6.45) is -0.106. The molecule has 0 saturated heterocycles. The molecular formula is C31H33N3O3S. The van der Waals surface area contributed by atoms with Gasteiger partial charge >= 0.3 is 5.97 Å². The normalized spacial score (nSPS) is 11.3. The predicted molar refractivity (Wildman–Crippen MR) is 154 cm³/mol. The van der Waals surface area contributed by atoms with Crippen molar-refractivity contribution in [3.8, 4) is 11.3 Å². The lowest BCUT2D eigenvalue weighted by molar-refractivity contribution is -0.136. The number of benzene rings is 3. The summed E-state index contributed by atoms with van der Waals surface area (Å²) in [6, 6.07) is 24.4. The minimum atomic E-state index is -0.941. The van der Waals surface area contributed by atoms with E-state index in [-0.39, 0.29) is 24.3 Å². The third-order valence-electron chi connectivity index (χ3n) is 6.30. The Morgan fingerprint density at radius 3 is 2.21 bits per heavy atom. The van der Waals surface area contributed by atoms with Gasteiger partial charge in [-0.2, -0.15) is 0 Å². The van der Waals surface area contributed by atoms with Crippen LogP contribution in [0, 0.1) is 6.92 Å². The summed E-state index contributed by atoms with van der Waals surface area (Å²) in [5.41, 5.74) is 7.12. The molecule has 0 atom stereocenters. The number of rotatable bonds is 9. The summed E-state index contributed by atoms with van der Waals surface area (Å²) in [6.45, 7) is 9.36. The molecular weight excluding hydrogens is 494 g/mol. The molecule has 0 aliphatic carbocycles. The predicted octanol–water partition coefficient (Wildman–Crippen LogP) is 6.96. The number of nitrogens with zero attached hydrogens (tertiary/aromatic N) is 2. The van der Waals surface area contributed by atoms with Gasteiger partial charge in [-0.05, 0) is 47.7 Å². The Balaban J connectivity index is 1.59. The van der Waals surface area contributed by atoms with Gasteiger partial charge in [0.2, 0.25) is 0 Å². The fraction of sp³-hybridized carbons (Fsp3) is 0.258. The second kappa shape index (κ2) is 11.6. The van der Waals surface area contributed by atoms with E-state index in [1.807, 2.05) is 12.1 Å². The molecule has 0 fully saturated rings. The molecule has 196 valence electrons. The molecule has 4 rings (SSSR count). The molecule has 38 heavy (non-hydrogen) atoms. The van der Waals surface area contributed by atoms with Crippen LogP contribution in [0.4, 0.5) is 10.8 Å². The number of hydrogen-bond donors (Lipinski definition) is 2. The zero-order valence-corrected chi connectivity index (χ0v) is 23.0. The highest BCUT2D eigenvalue weighted by molar-refractivity contribution is 7.14. The SMILES string of the molecule is Cc1ccc(-c2csc(N(Cc3ccc(C(=O)NCCC(=O)O)cc3)c3ccc(C(C)(C)C)cc3)n2)cc1. The van der Waals surface area contributed by atoms with Crippen LogP contribution in [0.2, 0.25) is 0 Å². The molecule has 1 aromatic heterocycles. The molecule has 4 aromatic rings. The fourth-order valence-corrected chi connectivity index (χ4v) is 4.84. The average molecular weight is 528 g/mol. The molecule has 0 aliphatic heterocycles. The maximum absolute atomic E-state index is 12.4. The minimum absolute atomic E-state index is 0.0595. The quantitative estimate of drug-likeness (QED) is 0.246. The van der Waals surface area contributed by atoms with Gasteiger partial charge in [-0.1, -0.05) is 74.9 Å². The number of carbonyl (C=O) groups is 2. The third kappa shape index (κ3) is 6.86. The molecule has 0 spiro atoms. The smallest absolute Gasteiger partial charge is 0.305 e. The van der Waals surface area contributed by atoms with Crippen LogP contribution in [0.15, 0.2) is 78.2 Å². The molecule has 0 unspecified atom stereocenters. The first-order chi connectivity index (χ1) is 18.1. The summed E-state index contributed by atoms with van der Waals surface area (Å²) in [5.74, 6) is -1.22. The number of thiazole rings is 1. The number of aliphatic carboxylic acids is 1. The summed E-state index contributed by atoms with van der Waals surface area (Å²) in [7, 11) is 0. The number of nitrogens with one attached hydrogen (secondary N) is 1. The Morgan fingerprint density at radius 1 is 0.947 bits per heavy atom. The number of anilines is 2. The lowest BCUT2D eigenvalue weighted by atomic mass is 9.87. The Bertz CT molecular complexity index is 1390. The number of carboxylic acids is 1. The average Bonchev–Trinajstić information content (AvgIpc) is 3.37. The lowest BCUT2D eigenvalue weighted by Crippen LogP contribution is -2.26. The lowest BCUT2D eigenvalue weighted by Gasteiger charge is -2.24. The van der Waals surface area contributed by atoms with Crippen molar-refractivity contribution < 1.29 is 14.7 Å². The first kappa shape index (κ1) is 27.1. The summed E-state index contributed by atoms with van der Waals surface area (Å²) >= 11 is 1.60. The van der Waals surface area contributed by atoms with Gasteiger partial charge in [-0.3, -0.25) is 9.59 Å². The van der Waals surface area contributed by atoms with Crippen molar-refractivity contribution in [2.45, 2.75) is 46.1 Å². The largest absolute Gasteiger partial charge is 0.481 e. The molecule has 1 amide bonds. The van der Waals surface area contributed by atoms with Gasteiger partial charge in [0.05, 0.1) is 18.7 Å². The van der Waals surface area contributed by atoms with Crippen molar-refractivity contribution in [1.82, 2.24) is 10.3 Å². The maximum atomic E-state index is 12.4. The molecule has 1 heterocycles. The third-order valence-corrected chi connectivity index (χ3v) is 7.16. The number of aromatic nitrogens is 1. The van der Waals surface area contributed by atoms with E-state index in [2.05, 4.69) is 91.8 Å². The van der Waals surface area contributed by atoms with E-state index < -0.39 is 5.97 Å². The molecule has 7 heteroatoms. The van der Waals surface area contributed by atoms with Crippen molar-refractivity contribution in [2.75, 3.05) is 11.4 Å². The number of carboxylic acid groups (broad SMARTS) is 1. The van der Waals surface area contributed by atoms with Crippen LogP contribution in [0.25, 0.3) is 11.3 Å². The van der Waals surface area contributed by atoms with Crippen molar-refractivity contribution in [3.05, 3.63) is 100 Å².